The second kappa shape index (κ2) is 5.65. The maximum atomic E-state index is 11.4. The van der Waals surface area contributed by atoms with Crippen LogP contribution in [0.15, 0.2) is 17.3 Å². The van der Waals surface area contributed by atoms with Crippen molar-refractivity contribution < 1.29 is 0 Å². The van der Waals surface area contributed by atoms with Gasteiger partial charge in [0.1, 0.15) is 5.69 Å². The normalized spacial score (nSPS) is 12.8. The third-order valence-electron chi connectivity index (χ3n) is 3.38. The summed E-state index contributed by atoms with van der Waals surface area (Å²) in [6.45, 7) is 13.6. The molecule has 0 spiro atoms. The molecule has 0 aliphatic carbocycles. The van der Waals surface area contributed by atoms with Crippen LogP contribution in [0.25, 0.3) is 0 Å². The van der Waals surface area contributed by atoms with Crippen molar-refractivity contribution >= 4 is 5.69 Å². The molecule has 1 aromatic carbocycles. The van der Waals surface area contributed by atoms with E-state index < -0.39 is 0 Å². The molecule has 0 atom stereocenters. The van der Waals surface area contributed by atoms with Crippen LogP contribution >= 0.6 is 0 Å². The summed E-state index contributed by atoms with van der Waals surface area (Å²) in [5.41, 5.74) is 3.75. The average molecular weight is 276 g/mol. The Morgan fingerprint density at radius 2 is 1.35 bits per heavy atom. The standard InChI is InChI=1S/C17H28N2O/c1-16(2,3)13-9-12(11-19(7)8)10-14(15(13)18-20)17(4,5)6/h9-10H,11H2,1-8H3. The van der Waals surface area contributed by atoms with Crippen molar-refractivity contribution in [3.8, 4) is 0 Å². The van der Waals surface area contributed by atoms with Gasteiger partial charge in [-0.25, -0.2) is 0 Å². The van der Waals surface area contributed by atoms with Crippen molar-refractivity contribution in [3.63, 3.8) is 0 Å². The van der Waals surface area contributed by atoms with Gasteiger partial charge in [-0.15, -0.1) is 4.91 Å². The first-order valence-electron chi connectivity index (χ1n) is 7.13. The van der Waals surface area contributed by atoms with E-state index in [2.05, 4.69) is 77.8 Å². The summed E-state index contributed by atoms with van der Waals surface area (Å²) in [6.07, 6.45) is 0. The fourth-order valence-electron chi connectivity index (χ4n) is 2.39. The van der Waals surface area contributed by atoms with E-state index in [1.54, 1.807) is 0 Å². The van der Waals surface area contributed by atoms with Gasteiger partial charge in [0.05, 0.1) is 0 Å². The Morgan fingerprint density at radius 3 is 1.60 bits per heavy atom. The van der Waals surface area contributed by atoms with Crippen LogP contribution in [0.5, 0.6) is 0 Å². The summed E-state index contributed by atoms with van der Waals surface area (Å²) in [7, 11) is 4.11. The molecule has 3 nitrogen and oxygen atoms in total. The molecule has 1 rings (SSSR count). The molecule has 1 aromatic rings. The molecular formula is C17H28N2O. The molecule has 0 saturated heterocycles. The molecule has 0 aromatic heterocycles. The number of rotatable bonds is 3. The Morgan fingerprint density at radius 1 is 0.950 bits per heavy atom. The highest BCUT2D eigenvalue weighted by Crippen LogP contribution is 2.40. The Labute approximate surface area is 123 Å². The van der Waals surface area contributed by atoms with Crippen LogP contribution in [0.4, 0.5) is 5.69 Å². The molecule has 0 aliphatic rings. The highest BCUT2D eigenvalue weighted by atomic mass is 16.3. The summed E-state index contributed by atoms with van der Waals surface area (Å²) in [5.74, 6) is 0. The van der Waals surface area contributed by atoms with Crippen molar-refractivity contribution in [2.24, 2.45) is 5.18 Å². The van der Waals surface area contributed by atoms with E-state index in [4.69, 9.17) is 0 Å². The largest absolute Gasteiger partial charge is 0.305 e. The van der Waals surface area contributed by atoms with Crippen molar-refractivity contribution in [1.29, 1.82) is 0 Å². The van der Waals surface area contributed by atoms with Crippen molar-refractivity contribution in [3.05, 3.63) is 33.7 Å². The van der Waals surface area contributed by atoms with Crippen LogP contribution in [0.1, 0.15) is 58.2 Å². The summed E-state index contributed by atoms with van der Waals surface area (Å²) >= 11 is 0. The second-order valence-electron chi connectivity index (χ2n) is 7.87. The lowest BCUT2D eigenvalue weighted by Gasteiger charge is -2.28. The second-order valence-corrected chi connectivity index (χ2v) is 7.87. The quantitative estimate of drug-likeness (QED) is 0.747. The van der Waals surface area contributed by atoms with E-state index in [1.165, 1.54) is 5.56 Å². The molecular weight excluding hydrogens is 248 g/mol. The average Bonchev–Trinajstić information content (AvgIpc) is 2.24. The highest BCUT2D eigenvalue weighted by Gasteiger charge is 2.27. The minimum Gasteiger partial charge on any atom is -0.305 e. The first kappa shape index (κ1) is 16.8. The molecule has 0 fully saturated rings. The molecule has 112 valence electrons. The topological polar surface area (TPSA) is 32.7 Å². The molecule has 3 heteroatoms. The zero-order chi connectivity index (χ0) is 15.7. The Balaban J connectivity index is 3.61. The zero-order valence-corrected chi connectivity index (χ0v) is 14.2. The monoisotopic (exact) mass is 276 g/mol. The van der Waals surface area contributed by atoms with Crippen LogP contribution < -0.4 is 0 Å². The van der Waals surface area contributed by atoms with Gasteiger partial charge < -0.3 is 4.90 Å². The molecule has 0 amide bonds. The SMILES string of the molecule is CN(C)Cc1cc(C(C)(C)C)c(N=O)c(C(C)(C)C)c1. The molecule has 0 bridgehead atoms. The minimum atomic E-state index is -0.0917. The lowest BCUT2D eigenvalue weighted by molar-refractivity contribution is 0.401. The van der Waals surface area contributed by atoms with Crippen LogP contribution in [0.3, 0.4) is 0 Å². The molecule has 0 radical (unpaired) electrons. The molecule has 0 heterocycles. The van der Waals surface area contributed by atoms with Gasteiger partial charge in [-0.2, -0.15) is 0 Å². The van der Waals surface area contributed by atoms with E-state index in [9.17, 15) is 4.91 Å². The number of hydrogen-bond acceptors (Lipinski definition) is 3. The van der Waals surface area contributed by atoms with Gasteiger partial charge in [0.15, 0.2) is 0 Å². The maximum Gasteiger partial charge on any atom is 0.115 e. The predicted octanol–water partition coefficient (Wildman–Crippen LogP) is 4.74. The van der Waals surface area contributed by atoms with Crippen LogP contribution in [0.2, 0.25) is 0 Å². The molecule has 0 N–H and O–H groups in total. The van der Waals surface area contributed by atoms with Gasteiger partial charge in [0, 0.05) is 6.54 Å². The highest BCUT2D eigenvalue weighted by molar-refractivity contribution is 5.59. The van der Waals surface area contributed by atoms with E-state index in [0.717, 1.165) is 17.7 Å². The summed E-state index contributed by atoms with van der Waals surface area (Å²) < 4.78 is 0. The van der Waals surface area contributed by atoms with Gasteiger partial charge in [-0.05, 0) is 46.8 Å². The Hall–Kier alpha value is -1.22. The number of hydrogen-bond donors (Lipinski definition) is 0. The first-order chi connectivity index (χ1) is 8.96. The molecule has 0 aliphatic heterocycles. The number of nitrogens with zero attached hydrogens (tertiary/aromatic N) is 2. The number of benzene rings is 1. The van der Waals surface area contributed by atoms with E-state index in [-0.39, 0.29) is 10.8 Å². The van der Waals surface area contributed by atoms with Gasteiger partial charge in [-0.3, -0.25) is 0 Å². The van der Waals surface area contributed by atoms with Crippen LogP contribution in [-0.4, -0.2) is 19.0 Å². The van der Waals surface area contributed by atoms with Crippen molar-refractivity contribution in [2.45, 2.75) is 58.9 Å². The fourth-order valence-corrected chi connectivity index (χ4v) is 2.39. The predicted molar refractivity (Wildman–Crippen MR) is 86.7 cm³/mol. The fraction of sp³-hybridized carbons (Fsp3) is 0.647. The lowest BCUT2D eigenvalue weighted by atomic mass is 9.77. The van der Waals surface area contributed by atoms with E-state index >= 15 is 0 Å². The zero-order valence-electron chi connectivity index (χ0n) is 14.2. The first-order valence-corrected chi connectivity index (χ1v) is 7.13. The van der Waals surface area contributed by atoms with Gasteiger partial charge in [0.2, 0.25) is 0 Å². The summed E-state index contributed by atoms with van der Waals surface area (Å²) in [4.78, 5) is 13.6. The Bertz CT molecular complexity index is 456. The van der Waals surface area contributed by atoms with Crippen LogP contribution in [0, 0.1) is 4.91 Å². The van der Waals surface area contributed by atoms with Crippen molar-refractivity contribution in [2.75, 3.05) is 14.1 Å². The third kappa shape index (κ3) is 3.89. The van der Waals surface area contributed by atoms with Gasteiger partial charge in [0.25, 0.3) is 0 Å². The summed E-state index contributed by atoms with van der Waals surface area (Å²) in [6, 6.07) is 4.26. The minimum absolute atomic E-state index is 0.0917. The summed E-state index contributed by atoms with van der Waals surface area (Å²) in [5, 5.41) is 3.36. The van der Waals surface area contributed by atoms with Crippen molar-refractivity contribution in [1.82, 2.24) is 4.90 Å². The van der Waals surface area contributed by atoms with E-state index in [1.807, 2.05) is 0 Å². The van der Waals surface area contributed by atoms with Gasteiger partial charge >= 0.3 is 0 Å². The lowest BCUT2D eigenvalue weighted by Crippen LogP contribution is -2.19. The molecule has 0 unspecified atom stereocenters. The smallest absolute Gasteiger partial charge is 0.115 e. The van der Waals surface area contributed by atoms with E-state index in [0.29, 0.717) is 5.69 Å². The molecule has 0 saturated carbocycles. The van der Waals surface area contributed by atoms with Gasteiger partial charge in [-0.1, -0.05) is 53.7 Å². The molecule has 20 heavy (non-hydrogen) atoms. The Kier molecular flexibility index (Phi) is 4.75. The number of nitroso groups, excluding NO2 is 1. The maximum absolute atomic E-state index is 11.4. The third-order valence-corrected chi connectivity index (χ3v) is 3.38. The van der Waals surface area contributed by atoms with Crippen LogP contribution in [-0.2, 0) is 17.4 Å².